The van der Waals surface area contributed by atoms with Crippen LogP contribution in [0.3, 0.4) is 0 Å². The van der Waals surface area contributed by atoms with Gasteiger partial charge in [-0.05, 0) is 27.2 Å². The van der Waals surface area contributed by atoms with Crippen LogP contribution in [0.25, 0.3) is 0 Å². The molecule has 5 nitrogen and oxygen atoms in total. The van der Waals surface area contributed by atoms with Crippen molar-refractivity contribution in [1.29, 1.82) is 0 Å². The fourth-order valence-electron chi connectivity index (χ4n) is 3.19. The summed E-state index contributed by atoms with van der Waals surface area (Å²) in [7, 11) is 0. The van der Waals surface area contributed by atoms with Crippen LogP contribution >= 0.6 is 11.3 Å². The van der Waals surface area contributed by atoms with Gasteiger partial charge in [0, 0.05) is 48.9 Å². The van der Waals surface area contributed by atoms with E-state index in [0.717, 1.165) is 49.2 Å². The van der Waals surface area contributed by atoms with Crippen molar-refractivity contribution in [2.24, 2.45) is 0 Å². The lowest BCUT2D eigenvalue weighted by molar-refractivity contribution is 0.196. The molecular formula is C16H24N4OS. The van der Waals surface area contributed by atoms with Gasteiger partial charge in [-0.25, -0.2) is 4.98 Å². The number of hydrogen-bond donors (Lipinski definition) is 0. The third kappa shape index (κ3) is 2.90. The summed E-state index contributed by atoms with van der Waals surface area (Å²) in [6.07, 6.45) is 2.89. The maximum absolute atomic E-state index is 5.40. The Balaban J connectivity index is 1.67. The van der Waals surface area contributed by atoms with Crippen molar-refractivity contribution in [2.75, 3.05) is 31.1 Å². The van der Waals surface area contributed by atoms with Gasteiger partial charge < -0.3 is 9.42 Å². The fraction of sp³-hybridized carbons (Fsp3) is 0.625. The number of nitrogens with zero attached hydrogens (tertiary/aromatic N) is 4. The van der Waals surface area contributed by atoms with E-state index in [4.69, 9.17) is 4.52 Å². The van der Waals surface area contributed by atoms with E-state index in [1.165, 1.54) is 10.4 Å². The van der Waals surface area contributed by atoms with Gasteiger partial charge in [-0.3, -0.25) is 4.90 Å². The fourth-order valence-corrected chi connectivity index (χ4v) is 4.00. The summed E-state index contributed by atoms with van der Waals surface area (Å²) in [5.41, 5.74) is 2.38. The first-order chi connectivity index (χ1) is 10.6. The average Bonchev–Trinajstić information content (AvgIpc) is 3.12. The highest BCUT2D eigenvalue weighted by Gasteiger charge is 2.27. The summed E-state index contributed by atoms with van der Waals surface area (Å²) in [4.78, 5) is 10.7. The minimum Gasteiger partial charge on any atom is -0.361 e. The van der Waals surface area contributed by atoms with Crippen molar-refractivity contribution < 1.29 is 4.52 Å². The lowest BCUT2D eigenvalue weighted by Gasteiger charge is -2.38. The summed E-state index contributed by atoms with van der Waals surface area (Å²) < 4.78 is 5.40. The first kappa shape index (κ1) is 15.5. The highest BCUT2D eigenvalue weighted by molar-refractivity contribution is 7.15. The van der Waals surface area contributed by atoms with Crippen LogP contribution in [0.2, 0.25) is 0 Å². The van der Waals surface area contributed by atoms with E-state index in [0.29, 0.717) is 6.04 Å². The monoisotopic (exact) mass is 320 g/mol. The second-order valence-corrected chi connectivity index (χ2v) is 7.12. The highest BCUT2D eigenvalue weighted by atomic mass is 32.1. The zero-order valence-electron chi connectivity index (χ0n) is 13.8. The zero-order chi connectivity index (χ0) is 15.7. The van der Waals surface area contributed by atoms with Crippen molar-refractivity contribution >= 4 is 16.5 Å². The molecule has 0 aliphatic carbocycles. The van der Waals surface area contributed by atoms with Crippen LogP contribution in [-0.4, -0.2) is 41.2 Å². The Hall–Kier alpha value is -1.40. The number of hydrogen-bond acceptors (Lipinski definition) is 6. The molecule has 1 saturated heterocycles. The molecule has 3 rings (SSSR count). The van der Waals surface area contributed by atoms with E-state index in [2.05, 4.69) is 40.7 Å². The highest BCUT2D eigenvalue weighted by Crippen LogP contribution is 2.29. The van der Waals surface area contributed by atoms with Crippen molar-refractivity contribution in [3.8, 4) is 0 Å². The second kappa shape index (κ2) is 6.38. The second-order valence-electron chi connectivity index (χ2n) is 5.91. The van der Waals surface area contributed by atoms with Crippen molar-refractivity contribution in [3.05, 3.63) is 28.1 Å². The van der Waals surface area contributed by atoms with Crippen molar-refractivity contribution in [2.45, 2.75) is 40.2 Å². The van der Waals surface area contributed by atoms with E-state index in [-0.39, 0.29) is 0 Å². The van der Waals surface area contributed by atoms with Crippen LogP contribution in [0.1, 0.15) is 41.8 Å². The van der Waals surface area contributed by atoms with Gasteiger partial charge in [0.15, 0.2) is 5.13 Å². The van der Waals surface area contributed by atoms with Gasteiger partial charge in [-0.2, -0.15) is 0 Å². The SMILES string of the molecule is CCc1noc(C)c1C(C)N1CCN(c2ncc(C)s2)CC1. The molecule has 0 aromatic carbocycles. The van der Waals surface area contributed by atoms with E-state index < -0.39 is 0 Å². The molecule has 0 spiro atoms. The molecule has 6 heteroatoms. The van der Waals surface area contributed by atoms with Gasteiger partial charge in [0.25, 0.3) is 0 Å². The lowest BCUT2D eigenvalue weighted by atomic mass is 10.0. The van der Waals surface area contributed by atoms with E-state index in [1.807, 2.05) is 13.1 Å². The quantitative estimate of drug-likeness (QED) is 0.865. The zero-order valence-corrected chi connectivity index (χ0v) is 14.6. The number of thiazole rings is 1. The van der Waals surface area contributed by atoms with Gasteiger partial charge in [0.1, 0.15) is 5.76 Å². The van der Waals surface area contributed by atoms with E-state index >= 15 is 0 Å². The van der Waals surface area contributed by atoms with E-state index in [1.54, 1.807) is 11.3 Å². The molecule has 2 aromatic rings. The molecule has 0 amide bonds. The molecular weight excluding hydrogens is 296 g/mol. The molecule has 1 atom stereocenters. The average molecular weight is 320 g/mol. The summed E-state index contributed by atoms with van der Waals surface area (Å²) in [6, 6.07) is 0.362. The van der Waals surface area contributed by atoms with Crippen LogP contribution in [0.15, 0.2) is 10.7 Å². The molecule has 0 N–H and O–H groups in total. The Morgan fingerprint density at radius 1 is 1.27 bits per heavy atom. The summed E-state index contributed by atoms with van der Waals surface area (Å²) in [6.45, 7) is 12.7. The first-order valence-corrected chi connectivity index (χ1v) is 8.78. The number of rotatable bonds is 4. The minimum absolute atomic E-state index is 0.362. The molecule has 0 bridgehead atoms. The van der Waals surface area contributed by atoms with Gasteiger partial charge in [-0.1, -0.05) is 12.1 Å². The standard InChI is InChI=1S/C16H24N4OS/c1-5-14-15(13(4)21-18-14)12(3)19-6-8-20(9-7-19)16-17-10-11(2)22-16/h10,12H,5-9H2,1-4H3. The number of aromatic nitrogens is 2. The van der Waals surface area contributed by atoms with E-state index in [9.17, 15) is 0 Å². The maximum atomic E-state index is 5.40. The predicted molar refractivity (Wildman–Crippen MR) is 89.7 cm³/mol. The number of piperazine rings is 1. The molecule has 0 radical (unpaired) electrons. The van der Waals surface area contributed by atoms with Crippen LogP contribution in [0.4, 0.5) is 5.13 Å². The van der Waals surface area contributed by atoms with Crippen LogP contribution in [-0.2, 0) is 6.42 Å². The third-order valence-corrected chi connectivity index (χ3v) is 5.45. The molecule has 1 aliphatic rings. The largest absolute Gasteiger partial charge is 0.361 e. The topological polar surface area (TPSA) is 45.4 Å². The Kier molecular flexibility index (Phi) is 4.49. The molecule has 1 unspecified atom stereocenters. The van der Waals surface area contributed by atoms with Gasteiger partial charge in [0.05, 0.1) is 5.69 Å². The van der Waals surface area contributed by atoms with Crippen molar-refractivity contribution in [1.82, 2.24) is 15.0 Å². The molecule has 120 valence electrons. The van der Waals surface area contributed by atoms with Gasteiger partial charge >= 0.3 is 0 Å². The smallest absolute Gasteiger partial charge is 0.185 e. The Bertz CT molecular complexity index is 628. The Labute approximate surface area is 135 Å². The summed E-state index contributed by atoms with van der Waals surface area (Å²) in [5, 5.41) is 5.35. The molecule has 1 fully saturated rings. The van der Waals surface area contributed by atoms with Crippen molar-refractivity contribution in [3.63, 3.8) is 0 Å². The predicted octanol–water partition coefficient (Wildman–Crippen LogP) is 3.19. The van der Waals surface area contributed by atoms with Crippen LogP contribution in [0, 0.1) is 13.8 Å². The molecule has 2 aromatic heterocycles. The summed E-state index contributed by atoms with van der Waals surface area (Å²) >= 11 is 1.78. The molecule has 22 heavy (non-hydrogen) atoms. The first-order valence-electron chi connectivity index (χ1n) is 7.96. The minimum atomic E-state index is 0.362. The normalized spacial score (nSPS) is 17.9. The molecule has 3 heterocycles. The third-order valence-electron chi connectivity index (χ3n) is 4.48. The lowest BCUT2D eigenvalue weighted by Crippen LogP contribution is -2.47. The maximum Gasteiger partial charge on any atom is 0.185 e. The Morgan fingerprint density at radius 3 is 2.59 bits per heavy atom. The number of aryl methyl sites for hydroxylation is 3. The molecule has 1 aliphatic heterocycles. The van der Waals surface area contributed by atoms with Gasteiger partial charge in [-0.15, -0.1) is 11.3 Å². The summed E-state index contributed by atoms with van der Waals surface area (Å²) in [5.74, 6) is 0.960. The number of anilines is 1. The Morgan fingerprint density at radius 2 is 2.00 bits per heavy atom. The van der Waals surface area contributed by atoms with Crippen LogP contribution in [0.5, 0.6) is 0 Å². The van der Waals surface area contributed by atoms with Crippen LogP contribution < -0.4 is 4.90 Å². The molecule has 0 saturated carbocycles. The van der Waals surface area contributed by atoms with Gasteiger partial charge in [0.2, 0.25) is 0 Å².